The molecule has 0 saturated carbocycles. The van der Waals surface area contributed by atoms with Crippen molar-refractivity contribution >= 4 is 16.5 Å². The molecule has 0 amide bonds. The van der Waals surface area contributed by atoms with Crippen LogP contribution in [0.1, 0.15) is 30.0 Å². The lowest BCUT2D eigenvalue weighted by Gasteiger charge is -2.08. The van der Waals surface area contributed by atoms with Gasteiger partial charge in [-0.05, 0) is 41.7 Å². The second kappa shape index (κ2) is 8.38. The number of aliphatic imine (C=N–C) groups is 1. The molecule has 3 rings (SSSR count). The van der Waals surface area contributed by atoms with Crippen molar-refractivity contribution in [1.29, 1.82) is 0 Å². The molecule has 0 N–H and O–H groups in total. The number of hydrogen-bond acceptors (Lipinski definition) is 1. The van der Waals surface area contributed by atoms with Crippen molar-refractivity contribution in [2.24, 2.45) is 4.99 Å². The van der Waals surface area contributed by atoms with Crippen molar-refractivity contribution in [3.8, 4) is 0 Å². The fraction of sp³-hybridized carbons (Fsp3) is 0.261. The van der Waals surface area contributed by atoms with E-state index in [0.717, 1.165) is 29.7 Å². The molecule has 140 valence electrons. The van der Waals surface area contributed by atoms with Gasteiger partial charge in [-0.2, -0.15) is 13.2 Å². The van der Waals surface area contributed by atoms with Gasteiger partial charge in [-0.25, -0.2) is 0 Å². The van der Waals surface area contributed by atoms with Crippen LogP contribution in [0.25, 0.3) is 10.8 Å². The van der Waals surface area contributed by atoms with Gasteiger partial charge >= 0.3 is 6.18 Å². The number of fused-ring (bicyclic) bond motifs is 1. The molecule has 0 aromatic heterocycles. The number of benzene rings is 3. The van der Waals surface area contributed by atoms with Gasteiger partial charge in [-0.15, -0.1) is 0 Å². The zero-order valence-corrected chi connectivity index (χ0v) is 15.3. The summed E-state index contributed by atoms with van der Waals surface area (Å²) >= 11 is 0. The third-order valence-corrected chi connectivity index (χ3v) is 4.55. The Balaban J connectivity index is 1.61. The SMILES string of the molecule is CC(=NCCCc1cccc(CC(F)(F)F)c1)c1cccc2ccccc12. The van der Waals surface area contributed by atoms with Gasteiger partial charge in [0.1, 0.15) is 0 Å². The Kier molecular flexibility index (Phi) is 5.94. The molecule has 0 bridgehead atoms. The molecular formula is C23H22F3N. The Bertz CT molecular complexity index is 936. The highest BCUT2D eigenvalue weighted by Gasteiger charge is 2.27. The Morgan fingerprint density at radius 1 is 0.889 bits per heavy atom. The predicted octanol–water partition coefficient (Wildman–Crippen LogP) is 6.39. The Morgan fingerprint density at radius 2 is 1.59 bits per heavy atom. The van der Waals surface area contributed by atoms with Crippen LogP contribution in [0.15, 0.2) is 71.7 Å². The van der Waals surface area contributed by atoms with Gasteiger partial charge in [0.05, 0.1) is 6.42 Å². The van der Waals surface area contributed by atoms with Gasteiger partial charge < -0.3 is 0 Å². The summed E-state index contributed by atoms with van der Waals surface area (Å²) in [6.07, 6.45) is -3.52. The van der Waals surface area contributed by atoms with Gasteiger partial charge in [-0.3, -0.25) is 4.99 Å². The first-order valence-electron chi connectivity index (χ1n) is 9.06. The highest BCUT2D eigenvalue weighted by molar-refractivity contribution is 6.09. The molecule has 1 nitrogen and oxygen atoms in total. The molecule has 0 heterocycles. The van der Waals surface area contributed by atoms with Crippen LogP contribution >= 0.6 is 0 Å². The van der Waals surface area contributed by atoms with Crippen LogP contribution in [0.2, 0.25) is 0 Å². The lowest BCUT2D eigenvalue weighted by atomic mass is 10.0. The summed E-state index contributed by atoms with van der Waals surface area (Å²) in [5.41, 5.74) is 3.35. The normalized spacial score (nSPS) is 12.5. The minimum absolute atomic E-state index is 0.315. The molecule has 0 aliphatic carbocycles. The summed E-state index contributed by atoms with van der Waals surface area (Å²) in [5.74, 6) is 0. The van der Waals surface area contributed by atoms with Crippen molar-refractivity contribution < 1.29 is 13.2 Å². The van der Waals surface area contributed by atoms with Crippen LogP contribution in [0.5, 0.6) is 0 Å². The third-order valence-electron chi connectivity index (χ3n) is 4.55. The molecule has 0 saturated heterocycles. The maximum Gasteiger partial charge on any atom is 0.393 e. The van der Waals surface area contributed by atoms with Gasteiger partial charge in [0.2, 0.25) is 0 Å². The van der Waals surface area contributed by atoms with Crippen LogP contribution in [0, 0.1) is 0 Å². The summed E-state index contributed by atoms with van der Waals surface area (Å²) in [5, 5.41) is 2.37. The monoisotopic (exact) mass is 369 g/mol. The Morgan fingerprint density at radius 3 is 2.41 bits per heavy atom. The fourth-order valence-corrected chi connectivity index (χ4v) is 3.28. The maximum atomic E-state index is 12.5. The van der Waals surface area contributed by atoms with Crippen molar-refractivity contribution in [2.45, 2.75) is 32.4 Å². The first-order valence-corrected chi connectivity index (χ1v) is 9.06. The van der Waals surface area contributed by atoms with Gasteiger partial charge in [0, 0.05) is 17.8 Å². The first kappa shape index (κ1) is 19.2. The van der Waals surface area contributed by atoms with E-state index < -0.39 is 12.6 Å². The molecular weight excluding hydrogens is 347 g/mol. The van der Waals surface area contributed by atoms with Crippen molar-refractivity contribution in [1.82, 2.24) is 0 Å². The summed E-state index contributed by atoms with van der Waals surface area (Å²) in [7, 11) is 0. The highest BCUT2D eigenvalue weighted by Crippen LogP contribution is 2.22. The minimum atomic E-state index is -4.17. The molecule has 0 atom stereocenters. The number of aryl methyl sites for hydroxylation is 1. The second-order valence-corrected chi connectivity index (χ2v) is 6.71. The molecule has 3 aromatic rings. The molecule has 4 heteroatoms. The molecule has 27 heavy (non-hydrogen) atoms. The second-order valence-electron chi connectivity index (χ2n) is 6.71. The molecule has 0 radical (unpaired) electrons. The number of halogens is 3. The van der Waals surface area contributed by atoms with Gasteiger partial charge in [0.15, 0.2) is 0 Å². The number of rotatable bonds is 6. The van der Waals surface area contributed by atoms with E-state index >= 15 is 0 Å². The van der Waals surface area contributed by atoms with E-state index in [0.29, 0.717) is 12.1 Å². The average molecular weight is 369 g/mol. The van der Waals surface area contributed by atoms with Crippen LogP contribution in [0.4, 0.5) is 13.2 Å². The van der Waals surface area contributed by atoms with Crippen LogP contribution in [-0.4, -0.2) is 18.4 Å². The maximum absolute atomic E-state index is 12.5. The van der Waals surface area contributed by atoms with E-state index in [1.165, 1.54) is 16.8 Å². The molecule has 0 unspecified atom stereocenters. The lowest BCUT2D eigenvalue weighted by molar-refractivity contribution is -0.127. The molecule has 0 aliphatic heterocycles. The smallest absolute Gasteiger partial charge is 0.289 e. The zero-order chi connectivity index (χ0) is 19.3. The average Bonchev–Trinajstić information content (AvgIpc) is 2.63. The lowest BCUT2D eigenvalue weighted by Crippen LogP contribution is -2.11. The summed E-state index contributed by atoms with van der Waals surface area (Å²) in [6, 6.07) is 21.1. The fourth-order valence-electron chi connectivity index (χ4n) is 3.28. The molecule has 0 spiro atoms. The zero-order valence-electron chi connectivity index (χ0n) is 15.3. The van der Waals surface area contributed by atoms with E-state index in [1.807, 2.05) is 31.2 Å². The van der Waals surface area contributed by atoms with E-state index in [2.05, 4.69) is 29.3 Å². The van der Waals surface area contributed by atoms with E-state index in [4.69, 9.17) is 0 Å². The Hall–Kier alpha value is -2.62. The molecule has 0 fully saturated rings. The third kappa shape index (κ3) is 5.43. The number of hydrogen-bond donors (Lipinski definition) is 0. The molecule has 3 aromatic carbocycles. The first-order chi connectivity index (χ1) is 12.9. The van der Waals surface area contributed by atoms with Crippen LogP contribution < -0.4 is 0 Å². The number of nitrogens with zero attached hydrogens (tertiary/aromatic N) is 1. The van der Waals surface area contributed by atoms with E-state index in [-0.39, 0.29) is 0 Å². The summed E-state index contributed by atoms with van der Waals surface area (Å²) in [6.45, 7) is 2.66. The quantitative estimate of drug-likeness (QED) is 0.353. The van der Waals surface area contributed by atoms with Crippen molar-refractivity contribution in [3.63, 3.8) is 0 Å². The Labute approximate surface area is 157 Å². The van der Waals surface area contributed by atoms with Crippen LogP contribution in [0.3, 0.4) is 0 Å². The van der Waals surface area contributed by atoms with E-state index in [1.54, 1.807) is 12.1 Å². The highest BCUT2D eigenvalue weighted by atomic mass is 19.4. The van der Waals surface area contributed by atoms with Gasteiger partial charge in [-0.1, -0.05) is 66.7 Å². The standard InChI is InChI=1S/C23H22F3N/c1-17(21-13-5-11-20-10-2-3-12-22(20)21)27-14-6-9-18-7-4-8-19(15-18)16-23(24,25)26/h2-5,7-8,10-13,15H,6,9,14,16H2,1H3. The van der Waals surface area contributed by atoms with E-state index in [9.17, 15) is 13.2 Å². The summed E-state index contributed by atoms with van der Waals surface area (Å²) < 4.78 is 37.6. The predicted molar refractivity (Wildman–Crippen MR) is 106 cm³/mol. The van der Waals surface area contributed by atoms with Crippen LogP contribution in [-0.2, 0) is 12.8 Å². The van der Waals surface area contributed by atoms with Gasteiger partial charge in [0.25, 0.3) is 0 Å². The van der Waals surface area contributed by atoms with Crippen molar-refractivity contribution in [2.75, 3.05) is 6.54 Å². The molecule has 0 aliphatic rings. The largest absolute Gasteiger partial charge is 0.393 e. The topological polar surface area (TPSA) is 12.4 Å². The number of alkyl halides is 3. The summed E-state index contributed by atoms with van der Waals surface area (Å²) in [4.78, 5) is 4.68. The minimum Gasteiger partial charge on any atom is -0.289 e. The van der Waals surface area contributed by atoms with Crippen molar-refractivity contribution in [3.05, 3.63) is 83.4 Å².